The van der Waals surface area contributed by atoms with Gasteiger partial charge in [0.2, 0.25) is 0 Å². The fourth-order valence-corrected chi connectivity index (χ4v) is 1.27. The van der Waals surface area contributed by atoms with E-state index < -0.39 is 0 Å². The van der Waals surface area contributed by atoms with Crippen LogP contribution in [0.1, 0.15) is 19.8 Å². The SMILES string of the molecule is CC1CC1C(O)CCN. The maximum atomic E-state index is 9.28. The molecule has 0 saturated heterocycles. The van der Waals surface area contributed by atoms with Crippen LogP contribution in [-0.2, 0) is 0 Å². The summed E-state index contributed by atoms with van der Waals surface area (Å²) < 4.78 is 0. The maximum Gasteiger partial charge on any atom is 0.0583 e. The van der Waals surface area contributed by atoms with E-state index in [1.54, 1.807) is 0 Å². The first kappa shape index (κ1) is 7.03. The minimum atomic E-state index is -0.120. The van der Waals surface area contributed by atoms with Crippen LogP contribution in [0, 0.1) is 11.8 Å². The van der Waals surface area contributed by atoms with Crippen molar-refractivity contribution >= 4 is 0 Å². The quantitative estimate of drug-likeness (QED) is 0.577. The molecule has 0 aromatic heterocycles. The zero-order valence-electron chi connectivity index (χ0n) is 5.88. The molecule has 1 rings (SSSR count). The highest BCUT2D eigenvalue weighted by Crippen LogP contribution is 2.41. The molecule has 0 spiro atoms. The second kappa shape index (κ2) is 2.67. The van der Waals surface area contributed by atoms with Gasteiger partial charge in [0.05, 0.1) is 6.10 Å². The van der Waals surface area contributed by atoms with Crippen LogP contribution in [-0.4, -0.2) is 17.8 Å². The molecule has 3 N–H and O–H groups in total. The molecule has 0 aromatic rings. The Morgan fingerprint density at radius 3 is 2.67 bits per heavy atom. The molecule has 0 aromatic carbocycles. The van der Waals surface area contributed by atoms with Crippen molar-refractivity contribution in [1.82, 2.24) is 0 Å². The van der Waals surface area contributed by atoms with E-state index in [9.17, 15) is 5.11 Å². The summed E-state index contributed by atoms with van der Waals surface area (Å²) in [6, 6.07) is 0. The zero-order chi connectivity index (χ0) is 6.85. The average Bonchev–Trinajstić information content (AvgIpc) is 2.47. The van der Waals surface area contributed by atoms with Gasteiger partial charge in [0.15, 0.2) is 0 Å². The third kappa shape index (κ3) is 1.66. The van der Waals surface area contributed by atoms with Crippen LogP contribution in [0.4, 0.5) is 0 Å². The number of nitrogens with two attached hydrogens (primary N) is 1. The lowest BCUT2D eigenvalue weighted by molar-refractivity contribution is 0.139. The zero-order valence-corrected chi connectivity index (χ0v) is 5.88. The van der Waals surface area contributed by atoms with Gasteiger partial charge in [-0.3, -0.25) is 0 Å². The van der Waals surface area contributed by atoms with E-state index in [2.05, 4.69) is 6.92 Å². The number of hydrogen-bond donors (Lipinski definition) is 2. The number of rotatable bonds is 3. The summed E-state index contributed by atoms with van der Waals surface area (Å²) in [5.41, 5.74) is 5.28. The van der Waals surface area contributed by atoms with Gasteiger partial charge >= 0.3 is 0 Å². The van der Waals surface area contributed by atoms with Gasteiger partial charge in [-0.2, -0.15) is 0 Å². The van der Waals surface area contributed by atoms with Crippen molar-refractivity contribution in [2.24, 2.45) is 17.6 Å². The van der Waals surface area contributed by atoms with Crippen LogP contribution in [0.2, 0.25) is 0 Å². The Kier molecular flexibility index (Phi) is 2.09. The van der Waals surface area contributed by atoms with Crippen LogP contribution in [0.3, 0.4) is 0 Å². The Labute approximate surface area is 56.1 Å². The lowest BCUT2D eigenvalue weighted by Crippen LogP contribution is -2.15. The third-order valence-electron chi connectivity index (χ3n) is 2.13. The second-order valence-electron chi connectivity index (χ2n) is 3.02. The molecule has 1 aliphatic rings. The highest BCUT2D eigenvalue weighted by atomic mass is 16.3. The summed E-state index contributed by atoms with van der Waals surface area (Å²) in [5, 5.41) is 9.28. The molecule has 1 fully saturated rings. The summed E-state index contributed by atoms with van der Waals surface area (Å²) >= 11 is 0. The fraction of sp³-hybridized carbons (Fsp3) is 1.00. The van der Waals surface area contributed by atoms with E-state index in [1.807, 2.05) is 0 Å². The van der Waals surface area contributed by atoms with Crippen LogP contribution >= 0.6 is 0 Å². The molecule has 9 heavy (non-hydrogen) atoms. The number of hydrogen-bond acceptors (Lipinski definition) is 2. The van der Waals surface area contributed by atoms with Crippen molar-refractivity contribution < 1.29 is 5.11 Å². The van der Waals surface area contributed by atoms with Gasteiger partial charge in [0, 0.05) is 0 Å². The van der Waals surface area contributed by atoms with Crippen LogP contribution in [0.15, 0.2) is 0 Å². The van der Waals surface area contributed by atoms with Crippen LogP contribution < -0.4 is 5.73 Å². The van der Waals surface area contributed by atoms with Gasteiger partial charge in [-0.15, -0.1) is 0 Å². The fourth-order valence-electron chi connectivity index (χ4n) is 1.27. The second-order valence-corrected chi connectivity index (χ2v) is 3.02. The van der Waals surface area contributed by atoms with Crippen LogP contribution in [0.5, 0.6) is 0 Å². The summed E-state index contributed by atoms with van der Waals surface area (Å²) in [5.74, 6) is 1.31. The smallest absolute Gasteiger partial charge is 0.0583 e. The Balaban J connectivity index is 2.11. The van der Waals surface area contributed by atoms with Gasteiger partial charge < -0.3 is 10.8 Å². The molecule has 3 unspecified atom stereocenters. The Morgan fingerprint density at radius 1 is 1.78 bits per heavy atom. The normalized spacial score (nSPS) is 36.3. The van der Waals surface area contributed by atoms with Crippen molar-refractivity contribution in [3.8, 4) is 0 Å². The molecular weight excluding hydrogens is 114 g/mol. The first-order chi connectivity index (χ1) is 4.25. The van der Waals surface area contributed by atoms with Crippen molar-refractivity contribution in [1.29, 1.82) is 0 Å². The molecule has 54 valence electrons. The van der Waals surface area contributed by atoms with Crippen LogP contribution in [0.25, 0.3) is 0 Å². The topological polar surface area (TPSA) is 46.2 Å². The summed E-state index contributed by atoms with van der Waals surface area (Å²) in [6.07, 6.45) is 1.85. The van der Waals surface area contributed by atoms with E-state index >= 15 is 0 Å². The molecule has 3 atom stereocenters. The molecular formula is C7H15NO. The van der Waals surface area contributed by atoms with Crippen molar-refractivity contribution in [3.63, 3.8) is 0 Å². The highest BCUT2D eigenvalue weighted by molar-refractivity contribution is 4.88. The molecule has 0 radical (unpaired) electrons. The van der Waals surface area contributed by atoms with E-state index in [1.165, 1.54) is 6.42 Å². The summed E-state index contributed by atoms with van der Waals surface area (Å²) in [6.45, 7) is 2.79. The van der Waals surface area contributed by atoms with E-state index in [-0.39, 0.29) is 6.10 Å². The standard InChI is InChI=1S/C7H15NO/c1-5-4-6(5)7(9)2-3-8/h5-7,9H,2-4,8H2,1H3. The first-order valence-electron chi connectivity index (χ1n) is 3.64. The van der Waals surface area contributed by atoms with Crippen molar-refractivity contribution in [2.75, 3.05) is 6.54 Å². The van der Waals surface area contributed by atoms with Gasteiger partial charge in [-0.05, 0) is 31.2 Å². The molecule has 0 heterocycles. The van der Waals surface area contributed by atoms with E-state index in [0.717, 1.165) is 12.3 Å². The van der Waals surface area contributed by atoms with Gasteiger partial charge in [-0.1, -0.05) is 6.92 Å². The van der Waals surface area contributed by atoms with E-state index in [4.69, 9.17) is 5.73 Å². The highest BCUT2D eigenvalue weighted by Gasteiger charge is 2.37. The molecule has 1 saturated carbocycles. The molecule has 0 amide bonds. The minimum absolute atomic E-state index is 0.120. The summed E-state index contributed by atoms with van der Waals surface area (Å²) in [4.78, 5) is 0. The van der Waals surface area contributed by atoms with Crippen molar-refractivity contribution in [2.45, 2.75) is 25.9 Å². The molecule has 0 aliphatic heterocycles. The Bertz CT molecular complexity index is 94.9. The summed E-state index contributed by atoms with van der Waals surface area (Å²) in [7, 11) is 0. The lowest BCUT2D eigenvalue weighted by Gasteiger charge is -2.05. The first-order valence-corrected chi connectivity index (χ1v) is 3.64. The monoisotopic (exact) mass is 129 g/mol. The molecule has 0 bridgehead atoms. The largest absolute Gasteiger partial charge is 0.393 e. The maximum absolute atomic E-state index is 9.28. The molecule has 2 nitrogen and oxygen atoms in total. The van der Waals surface area contributed by atoms with Gasteiger partial charge in [0.1, 0.15) is 0 Å². The number of aliphatic hydroxyl groups is 1. The Hall–Kier alpha value is -0.0800. The van der Waals surface area contributed by atoms with Gasteiger partial charge in [-0.25, -0.2) is 0 Å². The molecule has 2 heteroatoms. The Morgan fingerprint density at radius 2 is 2.33 bits per heavy atom. The van der Waals surface area contributed by atoms with Gasteiger partial charge in [0.25, 0.3) is 0 Å². The van der Waals surface area contributed by atoms with Crippen molar-refractivity contribution in [3.05, 3.63) is 0 Å². The minimum Gasteiger partial charge on any atom is -0.393 e. The predicted molar refractivity (Wildman–Crippen MR) is 36.9 cm³/mol. The average molecular weight is 129 g/mol. The molecule has 1 aliphatic carbocycles. The number of aliphatic hydroxyl groups excluding tert-OH is 1. The van der Waals surface area contributed by atoms with E-state index in [0.29, 0.717) is 12.5 Å². The lowest BCUT2D eigenvalue weighted by atomic mass is 10.1. The predicted octanol–water partition coefficient (Wildman–Crippen LogP) is 0.352. The third-order valence-corrected chi connectivity index (χ3v) is 2.13.